The summed E-state index contributed by atoms with van der Waals surface area (Å²) in [6.07, 6.45) is 0. The fourth-order valence-electron chi connectivity index (χ4n) is 0.0772. The molecule has 0 aromatic heterocycles. The third kappa shape index (κ3) is 5.19. The van der Waals surface area contributed by atoms with Crippen LogP contribution in [0.3, 0.4) is 0 Å². The average Bonchev–Trinajstić information content (AvgIpc) is 1.41. The van der Waals surface area contributed by atoms with Gasteiger partial charge in [0, 0.05) is 0 Å². The fourth-order valence-corrected chi connectivity index (χ4v) is 2.03. The van der Waals surface area contributed by atoms with E-state index in [9.17, 15) is 0 Å². The summed E-state index contributed by atoms with van der Waals surface area (Å²) in [4.78, 5) is 0. The van der Waals surface area contributed by atoms with Crippen LogP contribution in [0.5, 0.6) is 0 Å². The van der Waals surface area contributed by atoms with Crippen LogP contribution in [0, 0.1) is 0 Å². The summed E-state index contributed by atoms with van der Waals surface area (Å²) < 4.78 is 5.53. The first kappa shape index (κ1) is 6.19. The van der Waals surface area contributed by atoms with Gasteiger partial charge in [-0.1, -0.05) is 0 Å². The third-order valence-electron chi connectivity index (χ3n) is 0.281. The molecule has 0 aliphatic heterocycles. The van der Waals surface area contributed by atoms with Gasteiger partial charge in [-0.2, -0.15) is 0 Å². The number of hydrogen-bond acceptors (Lipinski definition) is 1. The zero-order valence-electron chi connectivity index (χ0n) is 3.20. The van der Waals surface area contributed by atoms with E-state index in [1.54, 1.807) is 7.11 Å². The molecule has 0 saturated carbocycles. The maximum absolute atomic E-state index is 5.40. The number of halogens is 1. The Hall–Kier alpha value is 1.19. The van der Waals surface area contributed by atoms with Crippen LogP contribution in [0.25, 0.3) is 0 Å². The summed E-state index contributed by atoms with van der Waals surface area (Å²) >= 11 is -0.894. The Morgan fingerprint density at radius 1 is 2.00 bits per heavy atom. The topological polar surface area (TPSA) is 9.23 Å². The minimum atomic E-state index is -0.894. The SMILES string of the molecule is CO[CH2][Hg][Cl]. The van der Waals surface area contributed by atoms with Crippen molar-refractivity contribution in [3.05, 3.63) is 0 Å². The average molecular weight is 281 g/mol. The molecule has 28 valence electrons. The van der Waals surface area contributed by atoms with Crippen molar-refractivity contribution in [1.29, 1.82) is 0 Å². The normalized spacial score (nSPS) is 6.80. The van der Waals surface area contributed by atoms with Crippen LogP contribution in [0.2, 0.25) is 0 Å². The second kappa shape index (κ2) is 5.19. The molecule has 0 aliphatic rings. The summed E-state index contributed by atoms with van der Waals surface area (Å²) in [5, 5.41) is 0. The fraction of sp³-hybridized carbons (Fsp3) is 1.00. The summed E-state index contributed by atoms with van der Waals surface area (Å²) in [5.74, 6) is 0. The standard InChI is InChI=1S/C2H5O.ClH.Hg/c1-3-2;;/h1H2,2H3;1H;/q;;+1/p-1. The molecule has 0 heterocycles. The summed E-state index contributed by atoms with van der Waals surface area (Å²) in [5.41, 5.74) is 0. The molecule has 0 N–H and O–H groups in total. The van der Waals surface area contributed by atoms with Crippen LogP contribution in [0.15, 0.2) is 0 Å². The molecular weight excluding hydrogens is 276 g/mol. The Kier molecular flexibility index (Phi) is 6.41. The second-order valence-corrected chi connectivity index (χ2v) is 7.05. The Morgan fingerprint density at radius 2 is 2.60 bits per heavy atom. The van der Waals surface area contributed by atoms with E-state index in [1.165, 1.54) is 0 Å². The van der Waals surface area contributed by atoms with Gasteiger partial charge in [0.15, 0.2) is 0 Å². The number of hydrogen-bond donors (Lipinski definition) is 0. The molecule has 1 nitrogen and oxygen atoms in total. The molecule has 3 heteroatoms. The van der Waals surface area contributed by atoms with Crippen LogP contribution in [-0.4, -0.2) is 11.2 Å². The van der Waals surface area contributed by atoms with E-state index < -0.39 is 23.3 Å². The molecule has 0 unspecified atom stereocenters. The van der Waals surface area contributed by atoms with Gasteiger partial charge in [-0.25, -0.2) is 0 Å². The van der Waals surface area contributed by atoms with Crippen LogP contribution < -0.4 is 0 Å². The van der Waals surface area contributed by atoms with E-state index in [2.05, 4.69) is 4.74 Å². The molecule has 0 atom stereocenters. The van der Waals surface area contributed by atoms with E-state index >= 15 is 0 Å². The van der Waals surface area contributed by atoms with Crippen LogP contribution in [0.4, 0.5) is 0 Å². The van der Waals surface area contributed by atoms with Crippen LogP contribution >= 0.6 is 8.25 Å². The van der Waals surface area contributed by atoms with E-state index in [0.717, 1.165) is 4.12 Å². The summed E-state index contributed by atoms with van der Waals surface area (Å²) in [6, 6.07) is 0. The van der Waals surface area contributed by atoms with Gasteiger partial charge in [0.05, 0.1) is 0 Å². The zero-order valence-corrected chi connectivity index (χ0v) is 9.45. The molecule has 5 heavy (non-hydrogen) atoms. The third-order valence-corrected chi connectivity index (χ3v) is 3.82. The van der Waals surface area contributed by atoms with Gasteiger partial charge in [0.1, 0.15) is 0 Å². The molecule has 0 amide bonds. The molecule has 0 radical (unpaired) electrons. The van der Waals surface area contributed by atoms with Gasteiger partial charge in [-0.3, -0.25) is 0 Å². The van der Waals surface area contributed by atoms with Crippen molar-refractivity contribution in [3.8, 4) is 0 Å². The van der Waals surface area contributed by atoms with Crippen molar-refractivity contribution < 1.29 is 28.1 Å². The first-order valence-electron chi connectivity index (χ1n) is 1.46. The van der Waals surface area contributed by atoms with Gasteiger partial charge < -0.3 is 0 Å². The molecule has 0 bridgehead atoms. The first-order valence-corrected chi connectivity index (χ1v) is 12.1. The molecule has 0 aromatic carbocycles. The van der Waals surface area contributed by atoms with E-state index in [4.69, 9.17) is 8.25 Å². The quantitative estimate of drug-likeness (QED) is 0.681. The summed E-state index contributed by atoms with van der Waals surface area (Å²) in [6.45, 7) is 0. The number of ether oxygens (including phenoxy) is 1. The van der Waals surface area contributed by atoms with E-state index in [0.29, 0.717) is 0 Å². The zero-order chi connectivity index (χ0) is 4.12. The van der Waals surface area contributed by atoms with Crippen molar-refractivity contribution in [2.45, 2.75) is 0 Å². The predicted octanol–water partition coefficient (Wildman–Crippen LogP) is 0.827. The number of methoxy groups -OCH3 is 1. The molecule has 0 saturated heterocycles. The van der Waals surface area contributed by atoms with Gasteiger partial charge in [0.2, 0.25) is 0 Å². The second-order valence-electron chi connectivity index (χ2n) is 0.682. The summed E-state index contributed by atoms with van der Waals surface area (Å²) in [7, 11) is 7.08. The Balaban J connectivity index is 2.19. The Morgan fingerprint density at radius 3 is 2.60 bits per heavy atom. The first-order chi connectivity index (χ1) is 2.41. The van der Waals surface area contributed by atoms with Crippen molar-refractivity contribution in [2.24, 2.45) is 0 Å². The number of rotatable bonds is 2. The molecule has 0 spiro atoms. The van der Waals surface area contributed by atoms with E-state index in [1.807, 2.05) is 0 Å². The van der Waals surface area contributed by atoms with Crippen LogP contribution in [0.1, 0.15) is 0 Å². The van der Waals surface area contributed by atoms with Gasteiger partial charge in [0.25, 0.3) is 0 Å². The van der Waals surface area contributed by atoms with Crippen molar-refractivity contribution in [3.63, 3.8) is 0 Å². The molecule has 0 aromatic rings. The minimum absolute atomic E-state index is 0.877. The van der Waals surface area contributed by atoms with Crippen molar-refractivity contribution in [2.75, 3.05) is 11.2 Å². The van der Waals surface area contributed by atoms with Crippen molar-refractivity contribution >= 4 is 8.25 Å². The van der Waals surface area contributed by atoms with Gasteiger partial charge in [-0.15, -0.1) is 0 Å². The monoisotopic (exact) mass is 282 g/mol. The molecular formula is C2H5ClHgO. The van der Waals surface area contributed by atoms with E-state index in [-0.39, 0.29) is 0 Å². The maximum atomic E-state index is 5.40. The molecule has 0 rings (SSSR count). The Bertz CT molecular complexity index is 17.1. The van der Waals surface area contributed by atoms with Crippen LogP contribution in [-0.2, 0) is 28.1 Å². The predicted molar refractivity (Wildman–Crippen MR) is 17.7 cm³/mol. The van der Waals surface area contributed by atoms with Gasteiger partial charge >= 0.3 is 47.6 Å². The van der Waals surface area contributed by atoms with Crippen molar-refractivity contribution in [1.82, 2.24) is 0 Å². The molecule has 0 aliphatic carbocycles. The molecule has 0 fully saturated rings. The Labute approximate surface area is 47.5 Å². The van der Waals surface area contributed by atoms with Gasteiger partial charge in [-0.05, 0) is 0 Å².